The average molecular weight is 486 g/mol. The first-order valence-electron chi connectivity index (χ1n) is 12.1. The van der Waals surface area contributed by atoms with Crippen LogP contribution in [0.15, 0.2) is 72.8 Å². The van der Waals surface area contributed by atoms with Gasteiger partial charge in [-0.1, -0.05) is 42.5 Å². The van der Waals surface area contributed by atoms with E-state index in [1.807, 2.05) is 62.4 Å². The Morgan fingerprint density at radius 3 is 2.47 bits per heavy atom. The number of nitrogens with zero attached hydrogens (tertiary/aromatic N) is 1. The first-order chi connectivity index (χ1) is 17.4. The Kier molecular flexibility index (Phi) is 8.00. The fourth-order valence-corrected chi connectivity index (χ4v) is 4.20. The molecule has 4 rings (SSSR count). The number of hydrogen-bond acceptors (Lipinski definition) is 4. The predicted octanol–water partition coefficient (Wildman–Crippen LogP) is 4.03. The van der Waals surface area contributed by atoms with Crippen molar-refractivity contribution in [3.05, 3.63) is 89.5 Å². The summed E-state index contributed by atoms with van der Waals surface area (Å²) in [7, 11) is 0. The molecular formula is C29H31N3O4. The molecule has 3 aromatic rings. The van der Waals surface area contributed by atoms with E-state index in [-0.39, 0.29) is 36.7 Å². The maximum atomic E-state index is 12.6. The van der Waals surface area contributed by atoms with E-state index in [1.54, 1.807) is 29.2 Å². The highest BCUT2D eigenvalue weighted by Gasteiger charge is 2.34. The lowest BCUT2D eigenvalue weighted by molar-refractivity contribution is -0.126. The molecule has 1 heterocycles. The van der Waals surface area contributed by atoms with Crippen molar-refractivity contribution in [3.8, 4) is 5.75 Å². The Labute approximate surface area is 211 Å². The molecule has 0 radical (unpaired) electrons. The van der Waals surface area contributed by atoms with Crippen molar-refractivity contribution in [2.75, 3.05) is 29.9 Å². The van der Waals surface area contributed by atoms with Crippen LogP contribution in [0.2, 0.25) is 0 Å². The molecule has 0 aromatic heterocycles. The molecule has 1 aliphatic rings. The van der Waals surface area contributed by atoms with Gasteiger partial charge in [0.05, 0.1) is 5.92 Å². The van der Waals surface area contributed by atoms with Gasteiger partial charge in [0, 0.05) is 30.9 Å². The fraction of sp³-hybridized carbons (Fsp3) is 0.276. The summed E-state index contributed by atoms with van der Waals surface area (Å²) < 4.78 is 5.62. The number of nitrogens with one attached hydrogen (secondary N) is 2. The topological polar surface area (TPSA) is 87.7 Å². The second-order valence-electron chi connectivity index (χ2n) is 9.01. The highest BCUT2D eigenvalue weighted by molar-refractivity contribution is 6.00. The summed E-state index contributed by atoms with van der Waals surface area (Å²) in [5, 5.41) is 5.82. The second-order valence-corrected chi connectivity index (χ2v) is 9.01. The van der Waals surface area contributed by atoms with E-state index in [1.165, 1.54) is 0 Å². The lowest BCUT2D eigenvalue weighted by Gasteiger charge is -2.17. The number of carbonyl (C=O) groups excluding carboxylic acids is 3. The smallest absolute Gasteiger partial charge is 0.262 e. The van der Waals surface area contributed by atoms with Crippen LogP contribution in [0, 0.1) is 19.8 Å². The third-order valence-electron chi connectivity index (χ3n) is 6.45. The van der Waals surface area contributed by atoms with Crippen LogP contribution in [0.1, 0.15) is 23.1 Å². The summed E-state index contributed by atoms with van der Waals surface area (Å²) in [5.74, 6) is -0.283. The predicted molar refractivity (Wildman–Crippen MR) is 140 cm³/mol. The van der Waals surface area contributed by atoms with Gasteiger partial charge in [-0.3, -0.25) is 14.4 Å². The Morgan fingerprint density at radius 1 is 0.972 bits per heavy atom. The molecule has 1 aliphatic heterocycles. The van der Waals surface area contributed by atoms with Crippen LogP contribution >= 0.6 is 0 Å². The summed E-state index contributed by atoms with van der Waals surface area (Å²) in [5.41, 5.74) is 4.75. The van der Waals surface area contributed by atoms with Crippen LogP contribution in [0.5, 0.6) is 5.75 Å². The van der Waals surface area contributed by atoms with Crippen LogP contribution in [-0.2, 0) is 20.8 Å². The van der Waals surface area contributed by atoms with E-state index < -0.39 is 0 Å². The van der Waals surface area contributed by atoms with Gasteiger partial charge in [-0.2, -0.15) is 0 Å². The Hall–Kier alpha value is -4.13. The number of hydrogen-bond donors (Lipinski definition) is 2. The van der Waals surface area contributed by atoms with Crippen LogP contribution < -0.4 is 20.3 Å². The number of amides is 3. The molecule has 0 aliphatic carbocycles. The molecule has 0 bridgehead atoms. The zero-order chi connectivity index (χ0) is 25.5. The third-order valence-corrected chi connectivity index (χ3v) is 6.45. The van der Waals surface area contributed by atoms with Crippen LogP contribution in [0.3, 0.4) is 0 Å². The van der Waals surface area contributed by atoms with E-state index in [9.17, 15) is 14.4 Å². The molecule has 0 saturated carbocycles. The molecule has 3 aromatic carbocycles. The summed E-state index contributed by atoms with van der Waals surface area (Å²) >= 11 is 0. The summed E-state index contributed by atoms with van der Waals surface area (Å²) in [6.45, 7) is 4.71. The third kappa shape index (κ3) is 6.30. The van der Waals surface area contributed by atoms with Crippen molar-refractivity contribution in [2.24, 2.45) is 5.92 Å². The maximum Gasteiger partial charge on any atom is 0.262 e. The van der Waals surface area contributed by atoms with E-state index in [0.29, 0.717) is 24.5 Å². The lowest BCUT2D eigenvalue weighted by atomic mass is 10.1. The molecule has 0 spiro atoms. The molecule has 3 amide bonds. The van der Waals surface area contributed by atoms with Crippen molar-refractivity contribution in [1.29, 1.82) is 0 Å². The van der Waals surface area contributed by atoms with E-state index in [2.05, 4.69) is 10.6 Å². The lowest BCUT2D eigenvalue weighted by Crippen LogP contribution is -2.34. The maximum absolute atomic E-state index is 12.6. The van der Waals surface area contributed by atoms with Gasteiger partial charge in [0.15, 0.2) is 6.61 Å². The Balaban J connectivity index is 1.25. The SMILES string of the molecule is Cc1cccc(NC(=O)COc2ccc(N3CC(C(=O)NCCc4ccccc4)CC3=O)cc2)c1C. The first-order valence-corrected chi connectivity index (χ1v) is 12.1. The number of aryl methyl sites for hydroxylation is 1. The van der Waals surface area contributed by atoms with Crippen molar-refractivity contribution >= 4 is 29.1 Å². The minimum absolute atomic E-state index is 0.0835. The van der Waals surface area contributed by atoms with Gasteiger partial charge in [0.2, 0.25) is 11.8 Å². The van der Waals surface area contributed by atoms with Gasteiger partial charge in [-0.15, -0.1) is 0 Å². The standard InChI is InChI=1S/C29H31N3O4/c1-20-7-6-10-26(21(20)2)31-27(33)19-36-25-13-11-24(12-14-25)32-18-23(17-28(32)34)29(35)30-16-15-22-8-4-3-5-9-22/h3-14,23H,15-19H2,1-2H3,(H,30,35)(H,31,33). The minimum Gasteiger partial charge on any atom is -0.484 e. The van der Waals surface area contributed by atoms with Crippen molar-refractivity contribution in [3.63, 3.8) is 0 Å². The van der Waals surface area contributed by atoms with Gasteiger partial charge in [-0.05, 0) is 67.3 Å². The number of anilines is 2. The molecule has 2 N–H and O–H groups in total. The highest BCUT2D eigenvalue weighted by Crippen LogP contribution is 2.27. The fourth-order valence-electron chi connectivity index (χ4n) is 4.20. The number of benzene rings is 3. The molecule has 7 nitrogen and oxygen atoms in total. The van der Waals surface area contributed by atoms with Crippen molar-refractivity contribution in [1.82, 2.24) is 5.32 Å². The number of rotatable bonds is 9. The zero-order valence-corrected chi connectivity index (χ0v) is 20.6. The molecule has 1 unspecified atom stereocenters. The minimum atomic E-state index is -0.377. The van der Waals surface area contributed by atoms with Crippen molar-refractivity contribution < 1.29 is 19.1 Å². The molecular weight excluding hydrogens is 454 g/mol. The van der Waals surface area contributed by atoms with Gasteiger partial charge in [0.25, 0.3) is 5.91 Å². The zero-order valence-electron chi connectivity index (χ0n) is 20.6. The number of carbonyl (C=O) groups is 3. The Morgan fingerprint density at radius 2 is 1.72 bits per heavy atom. The summed E-state index contributed by atoms with van der Waals surface area (Å²) in [6.07, 6.45) is 0.939. The summed E-state index contributed by atoms with van der Waals surface area (Å²) in [6, 6.07) is 22.7. The molecule has 36 heavy (non-hydrogen) atoms. The molecule has 186 valence electrons. The van der Waals surface area contributed by atoms with Gasteiger partial charge in [-0.25, -0.2) is 0 Å². The van der Waals surface area contributed by atoms with Gasteiger partial charge in [0.1, 0.15) is 5.75 Å². The molecule has 1 saturated heterocycles. The van der Waals surface area contributed by atoms with Crippen LogP contribution in [-0.4, -0.2) is 37.4 Å². The molecule has 1 atom stereocenters. The largest absolute Gasteiger partial charge is 0.484 e. The molecule has 1 fully saturated rings. The van der Waals surface area contributed by atoms with Crippen LogP contribution in [0.25, 0.3) is 0 Å². The van der Waals surface area contributed by atoms with E-state index >= 15 is 0 Å². The van der Waals surface area contributed by atoms with Gasteiger partial charge < -0.3 is 20.3 Å². The monoisotopic (exact) mass is 485 g/mol. The van der Waals surface area contributed by atoms with Gasteiger partial charge >= 0.3 is 0 Å². The summed E-state index contributed by atoms with van der Waals surface area (Å²) in [4.78, 5) is 39.1. The highest BCUT2D eigenvalue weighted by atomic mass is 16.5. The molecule has 7 heteroatoms. The normalized spacial score (nSPS) is 15.0. The van der Waals surface area contributed by atoms with Crippen LogP contribution in [0.4, 0.5) is 11.4 Å². The van der Waals surface area contributed by atoms with E-state index in [4.69, 9.17) is 4.74 Å². The van der Waals surface area contributed by atoms with Crippen molar-refractivity contribution in [2.45, 2.75) is 26.7 Å². The first kappa shape index (κ1) is 25.0. The second kappa shape index (κ2) is 11.5. The number of ether oxygens (including phenoxy) is 1. The quantitative estimate of drug-likeness (QED) is 0.479. The van der Waals surface area contributed by atoms with E-state index in [0.717, 1.165) is 28.8 Å². The average Bonchev–Trinajstić information content (AvgIpc) is 3.28. The Bertz CT molecular complexity index is 1230.